The van der Waals surface area contributed by atoms with Crippen molar-refractivity contribution in [2.75, 3.05) is 18.0 Å². The van der Waals surface area contributed by atoms with Crippen LogP contribution in [0.5, 0.6) is 0 Å². The molecule has 2 aromatic heterocycles. The zero-order chi connectivity index (χ0) is 20.2. The summed E-state index contributed by atoms with van der Waals surface area (Å²) < 4.78 is 2.32. The van der Waals surface area contributed by atoms with Gasteiger partial charge < -0.3 is 10.2 Å². The van der Waals surface area contributed by atoms with E-state index >= 15 is 0 Å². The molecule has 0 bridgehead atoms. The second-order valence-electron chi connectivity index (χ2n) is 7.20. The lowest BCUT2D eigenvalue weighted by molar-refractivity contribution is -0.121. The predicted octanol–water partition coefficient (Wildman–Crippen LogP) is 3.81. The lowest BCUT2D eigenvalue weighted by Crippen LogP contribution is -2.37. The Morgan fingerprint density at radius 2 is 1.90 bits per heavy atom. The number of amides is 1. The number of hydrogen-bond donors (Lipinski definition) is 1. The van der Waals surface area contributed by atoms with E-state index in [1.807, 2.05) is 23.6 Å². The first-order chi connectivity index (χ1) is 14.1. The summed E-state index contributed by atoms with van der Waals surface area (Å²) in [4.78, 5) is 32.4. The van der Waals surface area contributed by atoms with Gasteiger partial charge in [-0.2, -0.15) is 0 Å². The Kier molecular flexibility index (Phi) is 6.16. The second kappa shape index (κ2) is 8.97. The molecule has 0 aliphatic carbocycles. The van der Waals surface area contributed by atoms with Crippen molar-refractivity contribution in [3.05, 3.63) is 56.7 Å². The first-order valence-electron chi connectivity index (χ1n) is 9.86. The maximum absolute atomic E-state index is 13.0. The highest BCUT2D eigenvalue weighted by atomic mass is 35.5. The molecule has 29 heavy (non-hydrogen) atoms. The van der Waals surface area contributed by atoms with Crippen LogP contribution >= 0.6 is 22.9 Å². The van der Waals surface area contributed by atoms with Gasteiger partial charge >= 0.3 is 0 Å². The van der Waals surface area contributed by atoms with E-state index in [0.717, 1.165) is 37.0 Å². The molecule has 6 nitrogen and oxygen atoms in total. The van der Waals surface area contributed by atoms with Gasteiger partial charge in [0.25, 0.3) is 5.56 Å². The van der Waals surface area contributed by atoms with E-state index in [9.17, 15) is 9.59 Å². The van der Waals surface area contributed by atoms with Gasteiger partial charge in [0.2, 0.25) is 11.9 Å². The molecule has 0 spiro atoms. The number of halogens is 1. The molecule has 0 radical (unpaired) electrons. The molecule has 0 unspecified atom stereocenters. The topological polar surface area (TPSA) is 67.2 Å². The van der Waals surface area contributed by atoms with Crippen LogP contribution in [0.1, 0.15) is 31.2 Å². The summed E-state index contributed by atoms with van der Waals surface area (Å²) in [6, 6.07) is 9.26. The van der Waals surface area contributed by atoms with E-state index in [1.54, 1.807) is 16.7 Å². The standard InChI is InChI=1S/C21H23ClN4O2S/c22-16-6-4-15(5-7-16)14-23-18(27)8-12-26-20(28)19-17(9-13-29-19)24-21(26)25-10-2-1-3-11-25/h4-7,9,13H,1-3,8,10-12,14H2,(H,23,27). The zero-order valence-electron chi connectivity index (χ0n) is 16.1. The highest BCUT2D eigenvalue weighted by Gasteiger charge is 2.20. The first-order valence-corrected chi connectivity index (χ1v) is 11.1. The minimum Gasteiger partial charge on any atom is -0.352 e. The van der Waals surface area contributed by atoms with Crippen molar-refractivity contribution in [2.24, 2.45) is 0 Å². The number of fused-ring (bicyclic) bond motifs is 1. The molecule has 3 heterocycles. The van der Waals surface area contributed by atoms with E-state index in [1.165, 1.54) is 17.8 Å². The molecule has 1 saturated heterocycles. The fourth-order valence-electron chi connectivity index (χ4n) is 3.57. The normalized spacial score (nSPS) is 14.3. The van der Waals surface area contributed by atoms with Gasteiger partial charge in [0.05, 0.1) is 5.52 Å². The molecule has 1 amide bonds. The highest BCUT2D eigenvalue weighted by Crippen LogP contribution is 2.22. The summed E-state index contributed by atoms with van der Waals surface area (Å²) in [5.41, 5.74) is 1.66. The Morgan fingerprint density at radius 1 is 1.14 bits per heavy atom. The number of thiophene rings is 1. The third-order valence-corrected chi connectivity index (χ3v) is 6.29. The average Bonchev–Trinajstić information content (AvgIpc) is 3.22. The van der Waals surface area contributed by atoms with Crippen LogP contribution in [0.4, 0.5) is 5.95 Å². The predicted molar refractivity (Wildman–Crippen MR) is 118 cm³/mol. The maximum Gasteiger partial charge on any atom is 0.272 e. The lowest BCUT2D eigenvalue weighted by atomic mass is 10.1. The van der Waals surface area contributed by atoms with E-state index in [0.29, 0.717) is 28.8 Å². The number of carbonyl (C=O) groups is 1. The Bertz CT molecular complexity index is 1050. The molecule has 0 saturated carbocycles. The lowest BCUT2D eigenvalue weighted by Gasteiger charge is -2.29. The van der Waals surface area contributed by atoms with Gasteiger partial charge in [0.1, 0.15) is 4.70 Å². The molecule has 4 rings (SSSR count). The molecule has 1 aliphatic heterocycles. The Hall–Kier alpha value is -2.38. The average molecular weight is 431 g/mol. The number of piperidine rings is 1. The largest absolute Gasteiger partial charge is 0.352 e. The third kappa shape index (κ3) is 4.62. The van der Waals surface area contributed by atoms with Crippen LogP contribution in [0.2, 0.25) is 5.02 Å². The maximum atomic E-state index is 13.0. The van der Waals surface area contributed by atoms with Gasteiger partial charge in [0.15, 0.2) is 0 Å². The van der Waals surface area contributed by atoms with E-state index < -0.39 is 0 Å². The number of benzene rings is 1. The fourth-order valence-corrected chi connectivity index (χ4v) is 4.48. The second-order valence-corrected chi connectivity index (χ2v) is 8.56. The number of hydrogen-bond acceptors (Lipinski definition) is 5. The van der Waals surface area contributed by atoms with Gasteiger partial charge in [-0.3, -0.25) is 14.2 Å². The van der Waals surface area contributed by atoms with E-state index in [2.05, 4.69) is 10.2 Å². The molecule has 1 aliphatic rings. The third-order valence-electron chi connectivity index (χ3n) is 5.15. The van der Waals surface area contributed by atoms with Crippen molar-refractivity contribution in [3.63, 3.8) is 0 Å². The highest BCUT2D eigenvalue weighted by molar-refractivity contribution is 7.17. The Labute approximate surface area is 178 Å². The Balaban J connectivity index is 1.48. The van der Waals surface area contributed by atoms with Crippen molar-refractivity contribution >= 4 is 45.0 Å². The first kappa shape index (κ1) is 19.9. The molecular formula is C21H23ClN4O2S. The van der Waals surface area contributed by atoms with Gasteiger partial charge in [-0.25, -0.2) is 4.98 Å². The number of carbonyl (C=O) groups excluding carboxylic acids is 1. The molecule has 1 aromatic carbocycles. The molecule has 1 N–H and O–H groups in total. The number of rotatable bonds is 6. The molecule has 152 valence electrons. The quantitative estimate of drug-likeness (QED) is 0.645. The SMILES string of the molecule is O=C(CCn1c(N2CCCCC2)nc2ccsc2c1=O)NCc1ccc(Cl)cc1. The summed E-state index contributed by atoms with van der Waals surface area (Å²) >= 11 is 7.29. The minimum absolute atomic E-state index is 0.0592. The van der Waals surface area contributed by atoms with Gasteiger partial charge in [-0.15, -0.1) is 11.3 Å². The van der Waals surface area contributed by atoms with Crippen molar-refractivity contribution in [1.82, 2.24) is 14.9 Å². The van der Waals surface area contributed by atoms with Crippen molar-refractivity contribution < 1.29 is 4.79 Å². The van der Waals surface area contributed by atoms with Crippen molar-refractivity contribution in [2.45, 2.75) is 38.8 Å². The fraction of sp³-hybridized carbons (Fsp3) is 0.381. The Morgan fingerprint density at radius 3 is 2.66 bits per heavy atom. The zero-order valence-corrected chi connectivity index (χ0v) is 17.6. The molecule has 0 atom stereocenters. The molecule has 8 heteroatoms. The molecule has 3 aromatic rings. The summed E-state index contributed by atoms with van der Waals surface area (Å²) in [6.07, 6.45) is 3.62. The summed E-state index contributed by atoms with van der Waals surface area (Å²) in [7, 11) is 0. The van der Waals surface area contributed by atoms with Crippen molar-refractivity contribution in [1.29, 1.82) is 0 Å². The number of anilines is 1. The number of nitrogens with one attached hydrogen (secondary N) is 1. The summed E-state index contributed by atoms with van der Waals surface area (Å²) in [5, 5.41) is 5.47. The van der Waals surface area contributed by atoms with Gasteiger partial charge in [0, 0.05) is 37.6 Å². The molecular weight excluding hydrogens is 408 g/mol. The summed E-state index contributed by atoms with van der Waals surface area (Å²) in [6.45, 7) is 2.54. The number of nitrogens with zero attached hydrogens (tertiary/aromatic N) is 3. The van der Waals surface area contributed by atoms with E-state index in [-0.39, 0.29) is 17.9 Å². The smallest absolute Gasteiger partial charge is 0.272 e. The van der Waals surface area contributed by atoms with Crippen LogP contribution in [0.15, 0.2) is 40.5 Å². The minimum atomic E-state index is -0.0947. The van der Waals surface area contributed by atoms with Crippen LogP contribution in [0, 0.1) is 0 Å². The van der Waals surface area contributed by atoms with Crippen LogP contribution in [0.3, 0.4) is 0 Å². The number of aromatic nitrogens is 2. The van der Waals surface area contributed by atoms with Gasteiger partial charge in [-0.1, -0.05) is 23.7 Å². The summed E-state index contributed by atoms with van der Waals surface area (Å²) in [5.74, 6) is 0.592. The van der Waals surface area contributed by atoms with Crippen LogP contribution < -0.4 is 15.8 Å². The molecule has 1 fully saturated rings. The van der Waals surface area contributed by atoms with Crippen LogP contribution in [-0.2, 0) is 17.9 Å². The van der Waals surface area contributed by atoms with Crippen LogP contribution in [0.25, 0.3) is 10.2 Å². The van der Waals surface area contributed by atoms with Crippen LogP contribution in [-0.4, -0.2) is 28.5 Å². The van der Waals surface area contributed by atoms with Crippen molar-refractivity contribution in [3.8, 4) is 0 Å². The monoisotopic (exact) mass is 430 g/mol. The van der Waals surface area contributed by atoms with Gasteiger partial charge in [-0.05, 0) is 48.4 Å². The van der Waals surface area contributed by atoms with E-state index in [4.69, 9.17) is 16.6 Å².